The Balaban J connectivity index is 1.80. The molecule has 0 unspecified atom stereocenters. The highest BCUT2D eigenvalue weighted by Gasteiger charge is 2.17. The second kappa shape index (κ2) is 6.53. The minimum Gasteiger partial charge on any atom is -0.350 e. The summed E-state index contributed by atoms with van der Waals surface area (Å²) >= 11 is 0. The summed E-state index contributed by atoms with van der Waals surface area (Å²) in [5, 5.41) is 7.62. The van der Waals surface area contributed by atoms with Crippen LogP contribution in [0.4, 0.5) is 10.3 Å². The first kappa shape index (κ1) is 15.0. The Bertz CT molecular complexity index is 859. The number of aromatic nitrogens is 2. The number of nitrogens with zero attached hydrogens (tertiary/aromatic N) is 2. The molecule has 2 heterocycles. The molecule has 1 saturated heterocycles. The minimum absolute atomic E-state index is 0.272. The smallest absolute Gasteiger partial charge is 0.224 e. The van der Waals surface area contributed by atoms with Crippen molar-refractivity contribution in [3.05, 3.63) is 54.3 Å². The number of halogens is 1. The predicted molar refractivity (Wildman–Crippen MR) is 94.4 cm³/mol. The van der Waals surface area contributed by atoms with Gasteiger partial charge in [0.1, 0.15) is 5.82 Å². The summed E-state index contributed by atoms with van der Waals surface area (Å²) in [5.41, 5.74) is 1.95. The molecule has 0 bridgehead atoms. The zero-order chi connectivity index (χ0) is 16.4. The van der Waals surface area contributed by atoms with E-state index in [1.165, 1.54) is 6.07 Å². The zero-order valence-electron chi connectivity index (χ0n) is 13.3. The van der Waals surface area contributed by atoms with Crippen LogP contribution in [0.5, 0.6) is 0 Å². The molecule has 1 aliphatic rings. The summed E-state index contributed by atoms with van der Waals surface area (Å²) in [6, 6.07) is 14.8. The van der Waals surface area contributed by atoms with Crippen LogP contribution in [0.3, 0.4) is 0 Å². The molecular weight excluding hydrogens is 303 g/mol. The van der Waals surface area contributed by atoms with Crippen molar-refractivity contribution in [2.75, 3.05) is 18.4 Å². The first-order valence-electron chi connectivity index (χ1n) is 8.30. The lowest BCUT2D eigenvalue weighted by Gasteiger charge is -2.24. The summed E-state index contributed by atoms with van der Waals surface area (Å²) in [4.78, 5) is 9.25. The van der Waals surface area contributed by atoms with E-state index in [0.717, 1.165) is 36.8 Å². The van der Waals surface area contributed by atoms with Crippen LogP contribution in [-0.4, -0.2) is 29.1 Å². The van der Waals surface area contributed by atoms with Crippen molar-refractivity contribution in [2.45, 2.75) is 18.9 Å². The summed E-state index contributed by atoms with van der Waals surface area (Å²) in [7, 11) is 0. The van der Waals surface area contributed by atoms with Gasteiger partial charge in [0.05, 0.1) is 11.2 Å². The molecule has 1 fully saturated rings. The number of benzene rings is 2. The van der Waals surface area contributed by atoms with Crippen molar-refractivity contribution < 1.29 is 4.39 Å². The first-order chi connectivity index (χ1) is 11.8. The standard InChI is InChI=1S/C19H19FN4/c20-16-9-3-1-7-14(16)18-15-8-2-4-10-17(15)23-19(24-18)22-13-6-5-11-21-12-13/h1-4,7-10,13,21H,5-6,11-12H2,(H,22,23,24)/t13-/m0/s1. The number of para-hydroxylation sites is 1. The Kier molecular flexibility index (Phi) is 4.09. The third kappa shape index (κ3) is 2.95. The van der Waals surface area contributed by atoms with Gasteiger partial charge >= 0.3 is 0 Å². The van der Waals surface area contributed by atoms with Gasteiger partial charge in [-0.1, -0.05) is 30.3 Å². The van der Waals surface area contributed by atoms with Crippen molar-refractivity contribution in [2.24, 2.45) is 0 Å². The fraction of sp³-hybridized carbons (Fsp3) is 0.263. The highest BCUT2D eigenvalue weighted by molar-refractivity contribution is 5.93. The fourth-order valence-corrected chi connectivity index (χ4v) is 3.16. The van der Waals surface area contributed by atoms with Crippen molar-refractivity contribution in [3.63, 3.8) is 0 Å². The van der Waals surface area contributed by atoms with Gasteiger partial charge < -0.3 is 10.6 Å². The lowest BCUT2D eigenvalue weighted by Crippen LogP contribution is -2.38. The van der Waals surface area contributed by atoms with Crippen molar-refractivity contribution >= 4 is 16.9 Å². The number of hydrogen-bond donors (Lipinski definition) is 2. The molecule has 0 spiro atoms. The van der Waals surface area contributed by atoms with E-state index < -0.39 is 0 Å². The van der Waals surface area contributed by atoms with Crippen LogP contribution in [0.25, 0.3) is 22.2 Å². The van der Waals surface area contributed by atoms with E-state index in [-0.39, 0.29) is 5.82 Å². The third-order valence-corrected chi connectivity index (χ3v) is 4.36. The zero-order valence-corrected chi connectivity index (χ0v) is 13.3. The number of anilines is 1. The Morgan fingerprint density at radius 2 is 1.88 bits per heavy atom. The Morgan fingerprint density at radius 3 is 2.71 bits per heavy atom. The molecule has 24 heavy (non-hydrogen) atoms. The van der Waals surface area contributed by atoms with Crippen LogP contribution in [0.15, 0.2) is 48.5 Å². The van der Waals surface area contributed by atoms with E-state index >= 15 is 0 Å². The van der Waals surface area contributed by atoms with Crippen LogP contribution in [0, 0.1) is 5.82 Å². The van der Waals surface area contributed by atoms with Gasteiger partial charge in [0.25, 0.3) is 0 Å². The monoisotopic (exact) mass is 322 g/mol. The van der Waals surface area contributed by atoms with E-state index in [0.29, 0.717) is 23.2 Å². The van der Waals surface area contributed by atoms with E-state index in [2.05, 4.69) is 20.6 Å². The summed E-state index contributed by atoms with van der Waals surface area (Å²) in [5.74, 6) is 0.285. The van der Waals surface area contributed by atoms with Gasteiger partial charge in [0, 0.05) is 23.5 Å². The summed E-state index contributed by atoms with van der Waals surface area (Å²) in [6.45, 7) is 1.95. The first-order valence-corrected chi connectivity index (χ1v) is 8.30. The van der Waals surface area contributed by atoms with Crippen LogP contribution in [-0.2, 0) is 0 Å². The van der Waals surface area contributed by atoms with E-state index in [4.69, 9.17) is 0 Å². The van der Waals surface area contributed by atoms with E-state index in [1.54, 1.807) is 12.1 Å². The van der Waals surface area contributed by atoms with Crippen LogP contribution >= 0.6 is 0 Å². The number of fused-ring (bicyclic) bond motifs is 1. The maximum atomic E-state index is 14.3. The maximum absolute atomic E-state index is 14.3. The number of nitrogens with one attached hydrogen (secondary N) is 2. The van der Waals surface area contributed by atoms with E-state index in [1.807, 2.05) is 30.3 Å². The maximum Gasteiger partial charge on any atom is 0.224 e. The average molecular weight is 322 g/mol. The van der Waals surface area contributed by atoms with Gasteiger partial charge in [0.2, 0.25) is 5.95 Å². The molecule has 2 aromatic carbocycles. The molecule has 122 valence electrons. The SMILES string of the molecule is Fc1ccccc1-c1nc(N[C@H]2CCCNC2)nc2ccccc12. The highest BCUT2D eigenvalue weighted by atomic mass is 19.1. The number of hydrogen-bond acceptors (Lipinski definition) is 4. The molecular formula is C19H19FN4. The Labute approximate surface area is 140 Å². The fourth-order valence-electron chi connectivity index (χ4n) is 3.16. The molecule has 5 heteroatoms. The minimum atomic E-state index is -0.272. The number of piperidine rings is 1. The second-order valence-corrected chi connectivity index (χ2v) is 6.08. The molecule has 0 amide bonds. The van der Waals surface area contributed by atoms with Crippen molar-refractivity contribution in [1.82, 2.24) is 15.3 Å². The highest BCUT2D eigenvalue weighted by Crippen LogP contribution is 2.29. The Hall–Kier alpha value is -2.53. The topological polar surface area (TPSA) is 49.8 Å². The molecule has 0 radical (unpaired) electrons. The molecule has 1 aromatic heterocycles. The normalized spacial score (nSPS) is 17.8. The molecule has 0 aliphatic carbocycles. The third-order valence-electron chi connectivity index (χ3n) is 4.36. The Morgan fingerprint density at radius 1 is 1.04 bits per heavy atom. The molecule has 0 saturated carbocycles. The van der Waals surface area contributed by atoms with Crippen LogP contribution in [0.1, 0.15) is 12.8 Å². The summed E-state index contributed by atoms with van der Waals surface area (Å²) in [6.07, 6.45) is 2.21. The molecule has 1 aliphatic heterocycles. The number of rotatable bonds is 3. The van der Waals surface area contributed by atoms with Crippen LogP contribution < -0.4 is 10.6 Å². The quantitative estimate of drug-likeness (QED) is 0.773. The second-order valence-electron chi connectivity index (χ2n) is 6.08. The van der Waals surface area contributed by atoms with Gasteiger partial charge in [0.15, 0.2) is 0 Å². The largest absolute Gasteiger partial charge is 0.350 e. The van der Waals surface area contributed by atoms with Crippen molar-refractivity contribution in [1.29, 1.82) is 0 Å². The van der Waals surface area contributed by atoms with Gasteiger partial charge in [-0.2, -0.15) is 0 Å². The molecule has 4 nitrogen and oxygen atoms in total. The van der Waals surface area contributed by atoms with Crippen LogP contribution in [0.2, 0.25) is 0 Å². The molecule has 3 aromatic rings. The van der Waals surface area contributed by atoms with Gasteiger partial charge in [-0.05, 0) is 37.6 Å². The molecule has 1 atom stereocenters. The molecule has 4 rings (SSSR count). The van der Waals surface area contributed by atoms with Gasteiger partial charge in [-0.15, -0.1) is 0 Å². The van der Waals surface area contributed by atoms with Gasteiger partial charge in [-0.25, -0.2) is 14.4 Å². The lowest BCUT2D eigenvalue weighted by atomic mass is 10.1. The van der Waals surface area contributed by atoms with E-state index in [9.17, 15) is 4.39 Å². The average Bonchev–Trinajstić information content (AvgIpc) is 2.62. The predicted octanol–water partition coefficient (Wildman–Crippen LogP) is 3.60. The molecule has 2 N–H and O–H groups in total. The van der Waals surface area contributed by atoms with Crippen molar-refractivity contribution in [3.8, 4) is 11.3 Å². The van der Waals surface area contributed by atoms with Gasteiger partial charge in [-0.3, -0.25) is 0 Å². The lowest BCUT2D eigenvalue weighted by molar-refractivity contribution is 0.478. The summed E-state index contributed by atoms with van der Waals surface area (Å²) < 4.78 is 14.3.